The Kier molecular flexibility index (Phi) is 5.63. The molecule has 5 nitrogen and oxygen atoms in total. The molecule has 0 aliphatic carbocycles. The van der Waals surface area contributed by atoms with E-state index < -0.39 is 16.8 Å². The highest BCUT2D eigenvalue weighted by molar-refractivity contribution is 7.22. The number of para-hydroxylation sites is 1. The minimum atomic E-state index is -4.60. The highest BCUT2D eigenvalue weighted by atomic mass is 35.5. The molecule has 31 heavy (non-hydrogen) atoms. The van der Waals surface area contributed by atoms with Crippen molar-refractivity contribution in [3.63, 3.8) is 0 Å². The number of aromatic nitrogens is 3. The maximum Gasteiger partial charge on any atom is 0.417 e. The lowest BCUT2D eigenvalue weighted by molar-refractivity contribution is -0.137. The van der Waals surface area contributed by atoms with Crippen molar-refractivity contribution in [2.45, 2.75) is 13.1 Å². The van der Waals surface area contributed by atoms with Crippen molar-refractivity contribution in [1.82, 2.24) is 15.0 Å². The zero-order valence-electron chi connectivity index (χ0n) is 15.5. The fourth-order valence-corrected chi connectivity index (χ4v) is 4.82. The van der Waals surface area contributed by atoms with Crippen LogP contribution in [0.15, 0.2) is 36.4 Å². The van der Waals surface area contributed by atoms with Gasteiger partial charge in [0.05, 0.1) is 32.0 Å². The zero-order valence-corrected chi connectivity index (χ0v) is 18.6. The molecule has 2 aromatic carbocycles. The second kappa shape index (κ2) is 7.98. The highest BCUT2D eigenvalue weighted by Crippen LogP contribution is 2.47. The summed E-state index contributed by atoms with van der Waals surface area (Å²) in [5, 5.41) is 0.373. The lowest BCUT2D eigenvalue weighted by Crippen LogP contribution is -2.12. The number of nitrogens with two attached hydrogens (primary N) is 1. The Hall–Kier alpha value is -2.33. The Morgan fingerprint density at radius 2 is 1.65 bits per heavy atom. The van der Waals surface area contributed by atoms with E-state index in [2.05, 4.69) is 15.0 Å². The third kappa shape index (κ3) is 4.10. The van der Waals surface area contributed by atoms with Gasteiger partial charge in [-0.05, 0) is 37.3 Å². The van der Waals surface area contributed by atoms with E-state index in [9.17, 15) is 13.2 Å². The van der Waals surface area contributed by atoms with Crippen LogP contribution in [0.5, 0.6) is 0 Å². The standard InChI is InChI=1S/C19H11Cl3F3N5S/c1-8-27-16(26)14-17(28-8)31-18(29-14)30(15-11(20)3-2-4-12(15)21)9-5-6-10(13(22)7-9)19(23,24)25/h2-7H,1H3,(H2,26,27,28). The van der Waals surface area contributed by atoms with Crippen LogP contribution in [-0.2, 0) is 6.18 Å². The van der Waals surface area contributed by atoms with E-state index in [1.54, 1.807) is 25.1 Å². The maximum absolute atomic E-state index is 13.2. The Balaban J connectivity index is 1.98. The second-order valence-corrected chi connectivity index (χ2v) is 8.55. The molecule has 0 saturated heterocycles. The van der Waals surface area contributed by atoms with E-state index in [0.29, 0.717) is 27.0 Å². The summed E-state index contributed by atoms with van der Waals surface area (Å²) in [6, 6.07) is 8.19. The van der Waals surface area contributed by atoms with Crippen molar-refractivity contribution in [1.29, 1.82) is 0 Å². The molecule has 4 rings (SSSR count). The first kappa shape index (κ1) is 21.9. The monoisotopic (exact) mass is 503 g/mol. The highest BCUT2D eigenvalue weighted by Gasteiger charge is 2.34. The number of benzene rings is 2. The molecule has 0 spiro atoms. The van der Waals surface area contributed by atoms with Crippen LogP contribution in [0.3, 0.4) is 0 Å². The molecule has 4 aromatic rings. The van der Waals surface area contributed by atoms with E-state index in [0.717, 1.165) is 17.4 Å². The van der Waals surface area contributed by atoms with Gasteiger partial charge in [-0.25, -0.2) is 15.0 Å². The minimum Gasteiger partial charge on any atom is -0.382 e. The molecule has 0 bridgehead atoms. The molecule has 0 radical (unpaired) electrons. The topological polar surface area (TPSA) is 67.9 Å². The Morgan fingerprint density at radius 3 is 2.26 bits per heavy atom. The molecular weight excluding hydrogens is 494 g/mol. The molecule has 2 aromatic heterocycles. The van der Waals surface area contributed by atoms with Crippen molar-refractivity contribution < 1.29 is 13.2 Å². The average Bonchev–Trinajstić information content (AvgIpc) is 3.07. The number of thiazole rings is 1. The van der Waals surface area contributed by atoms with Gasteiger partial charge in [0.15, 0.2) is 15.8 Å². The van der Waals surface area contributed by atoms with E-state index in [-0.39, 0.29) is 21.6 Å². The Morgan fingerprint density at radius 1 is 0.968 bits per heavy atom. The average molecular weight is 505 g/mol. The lowest BCUT2D eigenvalue weighted by Gasteiger charge is -2.25. The van der Waals surface area contributed by atoms with Crippen LogP contribution < -0.4 is 10.6 Å². The van der Waals surface area contributed by atoms with Crippen LogP contribution in [0.25, 0.3) is 10.3 Å². The van der Waals surface area contributed by atoms with Gasteiger partial charge in [-0.15, -0.1) is 0 Å². The first-order chi connectivity index (χ1) is 14.6. The van der Waals surface area contributed by atoms with Gasteiger partial charge in [0.2, 0.25) is 0 Å². The molecule has 0 unspecified atom stereocenters. The van der Waals surface area contributed by atoms with Crippen molar-refractivity contribution in [3.05, 3.63) is 62.9 Å². The molecule has 0 atom stereocenters. The number of anilines is 4. The van der Waals surface area contributed by atoms with E-state index in [1.165, 1.54) is 17.0 Å². The predicted molar refractivity (Wildman–Crippen MR) is 119 cm³/mol. The first-order valence-corrected chi connectivity index (χ1v) is 10.5. The maximum atomic E-state index is 13.2. The third-order valence-electron chi connectivity index (χ3n) is 4.25. The normalized spacial score (nSPS) is 11.8. The summed E-state index contributed by atoms with van der Waals surface area (Å²) in [4.78, 5) is 15.0. The number of halogens is 6. The van der Waals surface area contributed by atoms with Crippen molar-refractivity contribution in [2.24, 2.45) is 0 Å². The summed E-state index contributed by atoms with van der Waals surface area (Å²) < 4.78 is 39.6. The number of alkyl halides is 3. The summed E-state index contributed by atoms with van der Waals surface area (Å²) in [6.07, 6.45) is -4.60. The van der Waals surface area contributed by atoms with Crippen LogP contribution in [0.2, 0.25) is 15.1 Å². The van der Waals surface area contributed by atoms with Gasteiger partial charge in [-0.2, -0.15) is 13.2 Å². The van der Waals surface area contributed by atoms with Gasteiger partial charge in [0.25, 0.3) is 0 Å². The predicted octanol–water partition coefficient (Wildman–Crippen LogP) is 7.43. The van der Waals surface area contributed by atoms with Gasteiger partial charge in [0, 0.05) is 0 Å². The fourth-order valence-electron chi connectivity index (χ4n) is 2.95. The number of rotatable bonds is 3. The van der Waals surface area contributed by atoms with Crippen LogP contribution in [-0.4, -0.2) is 15.0 Å². The van der Waals surface area contributed by atoms with Crippen LogP contribution in [0, 0.1) is 6.92 Å². The molecule has 0 aliphatic rings. The number of hydrogen-bond acceptors (Lipinski definition) is 6. The molecule has 160 valence electrons. The number of nitrogen functional groups attached to an aromatic ring is 1. The molecule has 0 amide bonds. The number of nitrogens with zero attached hydrogens (tertiary/aromatic N) is 4. The molecule has 2 N–H and O–H groups in total. The van der Waals surface area contributed by atoms with Crippen molar-refractivity contribution in [3.8, 4) is 0 Å². The summed E-state index contributed by atoms with van der Waals surface area (Å²) >= 11 is 19.9. The SMILES string of the molecule is Cc1nc(N)c2nc(N(c3ccc(C(F)(F)F)c(Cl)c3)c3c(Cl)cccc3Cl)sc2n1. The first-order valence-electron chi connectivity index (χ1n) is 8.58. The van der Waals surface area contributed by atoms with Gasteiger partial charge in [0.1, 0.15) is 11.3 Å². The van der Waals surface area contributed by atoms with Gasteiger partial charge >= 0.3 is 6.18 Å². The van der Waals surface area contributed by atoms with E-state index >= 15 is 0 Å². The Bertz CT molecular complexity index is 1290. The van der Waals surface area contributed by atoms with Crippen molar-refractivity contribution >= 4 is 78.8 Å². The molecule has 2 heterocycles. The fraction of sp³-hybridized carbons (Fsp3) is 0.105. The van der Waals surface area contributed by atoms with Gasteiger partial charge in [-0.3, -0.25) is 4.90 Å². The van der Waals surface area contributed by atoms with Crippen LogP contribution >= 0.6 is 46.1 Å². The molecular formula is C19H11Cl3F3N5S. The van der Waals surface area contributed by atoms with Crippen LogP contribution in [0.4, 0.5) is 35.5 Å². The molecule has 0 saturated carbocycles. The summed E-state index contributed by atoms with van der Waals surface area (Å²) in [6.45, 7) is 1.69. The summed E-state index contributed by atoms with van der Waals surface area (Å²) in [7, 11) is 0. The third-order valence-corrected chi connectivity index (χ3v) is 6.11. The number of hydrogen-bond donors (Lipinski definition) is 1. The van der Waals surface area contributed by atoms with E-state index in [4.69, 9.17) is 40.5 Å². The Labute approximate surface area is 193 Å². The van der Waals surface area contributed by atoms with Gasteiger partial charge in [-0.1, -0.05) is 52.2 Å². The van der Waals surface area contributed by atoms with Crippen LogP contribution in [0.1, 0.15) is 11.4 Å². The van der Waals surface area contributed by atoms with Gasteiger partial charge < -0.3 is 5.73 Å². The molecule has 0 fully saturated rings. The molecule has 0 aliphatic heterocycles. The second-order valence-electron chi connectivity index (χ2n) is 6.37. The number of fused-ring (bicyclic) bond motifs is 1. The van der Waals surface area contributed by atoms with Crippen molar-refractivity contribution in [2.75, 3.05) is 10.6 Å². The largest absolute Gasteiger partial charge is 0.417 e. The minimum absolute atomic E-state index is 0.181. The molecule has 12 heteroatoms. The smallest absolute Gasteiger partial charge is 0.382 e. The zero-order chi connectivity index (χ0) is 22.5. The lowest BCUT2D eigenvalue weighted by atomic mass is 10.1. The summed E-state index contributed by atoms with van der Waals surface area (Å²) in [5.74, 6) is 0.640. The van der Waals surface area contributed by atoms with E-state index in [1.807, 2.05) is 0 Å². The summed E-state index contributed by atoms with van der Waals surface area (Å²) in [5.41, 5.74) is 5.97. The number of aryl methyl sites for hydroxylation is 1. The quantitative estimate of drug-likeness (QED) is 0.314.